The molecule has 0 aromatic heterocycles. The average Bonchev–Trinajstić information content (AvgIpc) is 2.76. The van der Waals surface area contributed by atoms with E-state index in [-0.39, 0.29) is 12.0 Å². The summed E-state index contributed by atoms with van der Waals surface area (Å²) in [7, 11) is 1.54. The van der Waals surface area contributed by atoms with Gasteiger partial charge in [-0.05, 0) is 42.7 Å². The van der Waals surface area contributed by atoms with Crippen LogP contribution in [-0.2, 0) is 14.3 Å². The number of nitrogens with one attached hydrogen (secondary N) is 2. The van der Waals surface area contributed by atoms with E-state index >= 15 is 0 Å². The summed E-state index contributed by atoms with van der Waals surface area (Å²) in [5, 5.41) is 5.46. The van der Waals surface area contributed by atoms with Crippen molar-refractivity contribution in [3.63, 3.8) is 0 Å². The summed E-state index contributed by atoms with van der Waals surface area (Å²) in [6, 6.07) is 14.9. The Balaban J connectivity index is 1.89. The molecule has 0 aliphatic rings. The zero-order chi connectivity index (χ0) is 22.1. The first-order valence-corrected chi connectivity index (χ1v) is 9.77. The van der Waals surface area contributed by atoms with Gasteiger partial charge in [0.05, 0.1) is 13.2 Å². The van der Waals surface area contributed by atoms with E-state index in [1.165, 1.54) is 7.11 Å². The Hall–Kier alpha value is -3.35. The van der Waals surface area contributed by atoms with Crippen LogP contribution in [0.1, 0.15) is 42.7 Å². The lowest BCUT2D eigenvalue weighted by atomic mass is 10.0. The highest BCUT2D eigenvalue weighted by Crippen LogP contribution is 2.13. The van der Waals surface area contributed by atoms with Crippen LogP contribution in [0.2, 0.25) is 0 Å². The van der Waals surface area contributed by atoms with Gasteiger partial charge in [0.1, 0.15) is 11.8 Å². The van der Waals surface area contributed by atoms with Gasteiger partial charge in [-0.1, -0.05) is 44.2 Å². The molecule has 2 N–H and O–H groups in total. The Morgan fingerprint density at radius 1 is 0.900 bits per heavy atom. The summed E-state index contributed by atoms with van der Waals surface area (Å²) >= 11 is 0. The lowest BCUT2D eigenvalue weighted by Gasteiger charge is -2.21. The van der Waals surface area contributed by atoms with Crippen LogP contribution < -0.4 is 15.4 Å². The van der Waals surface area contributed by atoms with E-state index in [9.17, 15) is 14.4 Å². The second-order valence-electron chi connectivity index (χ2n) is 7.23. The molecule has 0 unspecified atom stereocenters. The van der Waals surface area contributed by atoms with Crippen LogP contribution in [0.25, 0.3) is 0 Å². The maximum absolute atomic E-state index is 12.5. The number of hydrogen-bond acceptors (Lipinski definition) is 5. The van der Waals surface area contributed by atoms with E-state index in [2.05, 4.69) is 10.6 Å². The second kappa shape index (κ2) is 11.0. The van der Waals surface area contributed by atoms with Gasteiger partial charge in [0.25, 0.3) is 11.8 Å². The van der Waals surface area contributed by atoms with Crippen molar-refractivity contribution < 1.29 is 23.9 Å². The van der Waals surface area contributed by atoms with Crippen molar-refractivity contribution in [2.24, 2.45) is 5.92 Å². The molecule has 0 bridgehead atoms. The standard InChI is InChI=1S/C23H28N2O5/c1-15(2)21(25-22(27)18-10-12-19(29-4)13-11-18)23(28)30-14-20(26)24-16(3)17-8-6-5-7-9-17/h5-13,15-16,21H,14H2,1-4H3,(H,24,26)(H,25,27)/t16-,21+/m1/s1. The van der Waals surface area contributed by atoms with Gasteiger partial charge in [-0.3, -0.25) is 9.59 Å². The lowest BCUT2D eigenvalue weighted by Crippen LogP contribution is -2.46. The summed E-state index contributed by atoms with van der Waals surface area (Å²) in [5.74, 6) is -1.07. The number of benzene rings is 2. The minimum absolute atomic E-state index is 0.215. The molecule has 7 heteroatoms. The average molecular weight is 412 g/mol. The van der Waals surface area contributed by atoms with Gasteiger partial charge in [0, 0.05) is 5.56 Å². The van der Waals surface area contributed by atoms with Gasteiger partial charge in [0.2, 0.25) is 0 Å². The zero-order valence-corrected chi connectivity index (χ0v) is 17.7. The maximum Gasteiger partial charge on any atom is 0.329 e. The normalized spacial score (nSPS) is 12.6. The summed E-state index contributed by atoms with van der Waals surface area (Å²) in [5.41, 5.74) is 1.34. The van der Waals surface area contributed by atoms with E-state index < -0.39 is 30.4 Å². The van der Waals surface area contributed by atoms with Crippen LogP contribution in [0.3, 0.4) is 0 Å². The highest BCUT2D eigenvalue weighted by molar-refractivity contribution is 5.97. The molecule has 0 aliphatic heterocycles. The van der Waals surface area contributed by atoms with E-state index in [1.54, 1.807) is 38.1 Å². The number of hydrogen-bond donors (Lipinski definition) is 2. The van der Waals surface area contributed by atoms with Crippen LogP contribution in [0.15, 0.2) is 54.6 Å². The molecule has 7 nitrogen and oxygen atoms in total. The van der Waals surface area contributed by atoms with Gasteiger partial charge in [-0.25, -0.2) is 4.79 Å². The Morgan fingerprint density at radius 3 is 2.10 bits per heavy atom. The highest BCUT2D eigenvalue weighted by atomic mass is 16.5. The fourth-order valence-corrected chi connectivity index (χ4v) is 2.80. The monoisotopic (exact) mass is 412 g/mol. The van der Waals surface area contributed by atoms with Crippen molar-refractivity contribution in [3.8, 4) is 5.75 Å². The number of methoxy groups -OCH3 is 1. The third-order valence-corrected chi connectivity index (χ3v) is 4.58. The van der Waals surface area contributed by atoms with Crippen LogP contribution in [0, 0.1) is 5.92 Å². The molecule has 2 atom stereocenters. The zero-order valence-electron chi connectivity index (χ0n) is 17.7. The molecule has 2 rings (SSSR count). The Kier molecular flexibility index (Phi) is 8.41. The number of esters is 1. The molecular formula is C23H28N2O5. The summed E-state index contributed by atoms with van der Waals surface area (Å²) in [6.07, 6.45) is 0. The Labute approximate surface area is 176 Å². The van der Waals surface area contributed by atoms with Crippen molar-refractivity contribution in [1.29, 1.82) is 0 Å². The molecule has 2 aromatic rings. The highest BCUT2D eigenvalue weighted by Gasteiger charge is 2.27. The van der Waals surface area contributed by atoms with Crippen molar-refractivity contribution in [3.05, 3.63) is 65.7 Å². The van der Waals surface area contributed by atoms with Crippen molar-refractivity contribution in [2.75, 3.05) is 13.7 Å². The predicted molar refractivity (Wildman–Crippen MR) is 113 cm³/mol. The third-order valence-electron chi connectivity index (χ3n) is 4.58. The van der Waals surface area contributed by atoms with E-state index in [1.807, 2.05) is 37.3 Å². The third kappa shape index (κ3) is 6.62. The fraction of sp³-hybridized carbons (Fsp3) is 0.348. The molecule has 0 saturated heterocycles. The van der Waals surface area contributed by atoms with Crippen LogP contribution >= 0.6 is 0 Å². The van der Waals surface area contributed by atoms with Gasteiger partial charge >= 0.3 is 5.97 Å². The molecule has 160 valence electrons. The topological polar surface area (TPSA) is 93.7 Å². The first kappa shape index (κ1) is 22.9. The predicted octanol–water partition coefficient (Wildman–Crippen LogP) is 2.87. The van der Waals surface area contributed by atoms with Crippen LogP contribution in [0.5, 0.6) is 5.75 Å². The fourth-order valence-electron chi connectivity index (χ4n) is 2.80. The number of ether oxygens (including phenoxy) is 2. The van der Waals surface area contributed by atoms with E-state index in [4.69, 9.17) is 9.47 Å². The van der Waals surface area contributed by atoms with Gasteiger partial charge in [-0.2, -0.15) is 0 Å². The van der Waals surface area contributed by atoms with Crippen molar-refractivity contribution >= 4 is 17.8 Å². The second-order valence-corrected chi connectivity index (χ2v) is 7.23. The smallest absolute Gasteiger partial charge is 0.329 e. The van der Waals surface area contributed by atoms with Crippen LogP contribution in [-0.4, -0.2) is 37.5 Å². The van der Waals surface area contributed by atoms with E-state index in [0.717, 1.165) is 5.56 Å². The quantitative estimate of drug-likeness (QED) is 0.618. The minimum Gasteiger partial charge on any atom is -0.497 e. The Bertz CT molecular complexity index is 850. The maximum atomic E-state index is 12.5. The van der Waals surface area contributed by atoms with E-state index in [0.29, 0.717) is 11.3 Å². The number of carbonyl (C=O) groups excluding carboxylic acids is 3. The number of amides is 2. The van der Waals surface area contributed by atoms with Gasteiger partial charge in [-0.15, -0.1) is 0 Å². The Morgan fingerprint density at radius 2 is 1.53 bits per heavy atom. The molecular weight excluding hydrogens is 384 g/mol. The lowest BCUT2D eigenvalue weighted by molar-refractivity contribution is -0.151. The van der Waals surface area contributed by atoms with Gasteiger partial charge in [0.15, 0.2) is 6.61 Å². The molecule has 0 radical (unpaired) electrons. The summed E-state index contributed by atoms with van der Waals surface area (Å²) < 4.78 is 10.2. The largest absolute Gasteiger partial charge is 0.497 e. The summed E-state index contributed by atoms with van der Waals surface area (Å²) in [6.45, 7) is 5.01. The minimum atomic E-state index is -0.876. The molecule has 0 fully saturated rings. The number of rotatable bonds is 9. The molecule has 2 aromatic carbocycles. The number of carbonyl (C=O) groups is 3. The molecule has 0 saturated carbocycles. The van der Waals surface area contributed by atoms with Crippen molar-refractivity contribution in [2.45, 2.75) is 32.9 Å². The van der Waals surface area contributed by atoms with Crippen molar-refractivity contribution in [1.82, 2.24) is 10.6 Å². The molecule has 0 aliphatic carbocycles. The van der Waals surface area contributed by atoms with Gasteiger partial charge < -0.3 is 20.1 Å². The first-order chi connectivity index (χ1) is 14.3. The molecule has 0 spiro atoms. The summed E-state index contributed by atoms with van der Waals surface area (Å²) in [4.78, 5) is 37.1. The van der Waals surface area contributed by atoms with Crippen LogP contribution in [0.4, 0.5) is 0 Å². The SMILES string of the molecule is COc1ccc(C(=O)N[C@H](C(=O)OCC(=O)N[C@H](C)c2ccccc2)C(C)C)cc1. The molecule has 2 amide bonds. The molecule has 30 heavy (non-hydrogen) atoms. The molecule has 0 heterocycles. The first-order valence-electron chi connectivity index (χ1n) is 9.77.